The van der Waals surface area contributed by atoms with E-state index in [0.29, 0.717) is 97.5 Å². The van der Waals surface area contributed by atoms with E-state index in [1.54, 1.807) is 22.3 Å². The molecule has 12 atom stereocenters. The molecule has 0 unspecified atom stereocenters. The maximum atomic E-state index is 2.55. The summed E-state index contributed by atoms with van der Waals surface area (Å²) >= 11 is 0. The normalized spacial score (nSPS) is 30.3. The summed E-state index contributed by atoms with van der Waals surface area (Å²) in [6, 6.07) is 45.0. The zero-order chi connectivity index (χ0) is 104. The quantitative estimate of drug-likeness (QED) is 0.0388. The van der Waals surface area contributed by atoms with Crippen molar-refractivity contribution in [1.29, 1.82) is 0 Å². The van der Waals surface area contributed by atoms with Gasteiger partial charge in [-0.05, 0) is 287 Å². The summed E-state index contributed by atoms with van der Waals surface area (Å²) < 4.78 is 0. The first kappa shape index (κ1) is 127. The molecule has 8 aliphatic rings. The number of unbranched alkanes of at least 4 members (excludes halogenated alkanes) is 20. The molecule has 4 aromatic rings. The molecule has 4 aromatic carbocycles. The Morgan fingerprint density at radius 3 is 0.471 bits per heavy atom. The van der Waals surface area contributed by atoms with Gasteiger partial charge >= 0.3 is 0 Å². The smallest absolute Gasteiger partial charge is 0.00215 e. The van der Waals surface area contributed by atoms with Gasteiger partial charge in [0.2, 0.25) is 0 Å². The van der Waals surface area contributed by atoms with Gasteiger partial charge < -0.3 is 0 Å². The van der Waals surface area contributed by atoms with Gasteiger partial charge in [0.25, 0.3) is 0 Å². The molecule has 12 rings (SSSR count). The van der Waals surface area contributed by atoms with Crippen LogP contribution in [0, 0.1) is 75.8 Å². The van der Waals surface area contributed by atoms with Crippen LogP contribution in [-0.4, -0.2) is 0 Å². The van der Waals surface area contributed by atoms with Crippen LogP contribution in [0.15, 0.2) is 121 Å². The zero-order valence-corrected chi connectivity index (χ0v) is 101. The number of hydrogen-bond donors (Lipinski definition) is 0. The second kappa shape index (κ2) is 60.1. The molecule has 8 aliphatic carbocycles. The minimum absolute atomic E-state index is 0.371. The maximum Gasteiger partial charge on any atom is -0.00215 e. The molecule has 0 N–H and O–H groups in total. The van der Waals surface area contributed by atoms with E-state index in [2.05, 4.69) is 343 Å². The van der Waals surface area contributed by atoms with Crippen LogP contribution in [0.5, 0.6) is 0 Å². The van der Waals surface area contributed by atoms with Gasteiger partial charge in [-0.25, -0.2) is 0 Å². The van der Waals surface area contributed by atoms with Crippen molar-refractivity contribution in [2.24, 2.45) is 75.8 Å². The molecule has 140 heavy (non-hydrogen) atoms. The fourth-order valence-electron chi connectivity index (χ4n) is 29.2. The number of benzene rings is 4. The summed E-state index contributed by atoms with van der Waals surface area (Å²) in [7, 11) is 0. The zero-order valence-electron chi connectivity index (χ0n) is 101. The largest absolute Gasteiger partial charge is 0.0654 e. The summed E-state index contributed by atoms with van der Waals surface area (Å²) in [5.41, 5.74) is 15.5. The Morgan fingerprint density at radius 2 is 0.314 bits per heavy atom. The van der Waals surface area contributed by atoms with Gasteiger partial charge in [-0.2, -0.15) is 0 Å². The van der Waals surface area contributed by atoms with Crippen molar-refractivity contribution in [3.8, 4) is 0 Å². The van der Waals surface area contributed by atoms with Crippen molar-refractivity contribution >= 4 is 0 Å². The molecule has 0 radical (unpaired) electrons. The summed E-state index contributed by atoms with van der Waals surface area (Å²) in [4.78, 5) is 0. The van der Waals surface area contributed by atoms with Crippen LogP contribution in [0.1, 0.15) is 668 Å². The van der Waals surface area contributed by atoms with E-state index in [1.165, 1.54) is 424 Å². The lowest BCUT2D eigenvalue weighted by atomic mass is 9.57. The molecular weight excluding hydrogens is 1680 g/mol. The fourth-order valence-corrected chi connectivity index (χ4v) is 29.2. The highest BCUT2D eigenvalue weighted by Crippen LogP contribution is 2.63. The fraction of sp³-hybridized carbons (Fsp3) is 0.829. The highest BCUT2D eigenvalue weighted by molar-refractivity contribution is 5.33. The Balaban J connectivity index is 0.000000283. The Labute approximate surface area is 880 Å². The first-order valence-electron chi connectivity index (χ1n) is 62.1. The van der Waals surface area contributed by atoms with Crippen molar-refractivity contribution in [3.63, 3.8) is 0 Å². The molecule has 0 amide bonds. The van der Waals surface area contributed by atoms with Crippen LogP contribution in [0.4, 0.5) is 0 Å². The maximum absolute atomic E-state index is 2.55. The summed E-state index contributed by atoms with van der Waals surface area (Å²) in [6.07, 6.45) is 93.4. The minimum Gasteiger partial charge on any atom is -0.0654 e. The molecule has 0 aliphatic heterocycles. The van der Waals surface area contributed by atoms with Crippen molar-refractivity contribution in [3.05, 3.63) is 144 Å². The van der Waals surface area contributed by atoms with Crippen molar-refractivity contribution < 1.29 is 0 Å². The first-order chi connectivity index (χ1) is 65.9. The highest BCUT2D eigenvalue weighted by atomic mass is 14.6. The molecule has 0 aromatic heterocycles. The SMILES string of the molecule is CC(C)(C)CCCC[C@]1(C)CCCCC1(C)C.CC(C)(C)CCCC[C@]1(C)CCC[C@]1(C)c1ccccc1.CCCCCC[C@]1(C)CCCCC1(C)C.CCCCCC[C@]1(C)CCCCC1(C)C.CCCCCC[C@]1(C)CCCCC1(C)C.CCCCCC[C@]1(C)CCC[C@]1(C)c1ccccc1.CCCCCC[C@]1(C)CCC[C@]1(C)c1ccccc1.CCCCCC[C@]1(C)CCC[C@]1(C)c1ccccc1. The van der Waals surface area contributed by atoms with Crippen LogP contribution in [0.2, 0.25) is 0 Å². The molecule has 0 nitrogen and oxygen atoms in total. The molecule has 0 heteroatoms. The second-order valence-electron chi connectivity index (χ2n) is 57.5. The van der Waals surface area contributed by atoms with E-state index >= 15 is 0 Å². The Kier molecular flexibility index (Phi) is 54.6. The summed E-state index contributed by atoms with van der Waals surface area (Å²) in [5.74, 6) is 0. The summed E-state index contributed by atoms with van der Waals surface area (Å²) in [6.45, 7) is 78.3. The van der Waals surface area contributed by atoms with E-state index in [4.69, 9.17) is 0 Å². The third-order valence-corrected chi connectivity index (χ3v) is 43.6. The van der Waals surface area contributed by atoms with E-state index in [9.17, 15) is 0 Å². The topological polar surface area (TPSA) is 0 Å². The van der Waals surface area contributed by atoms with Crippen LogP contribution in [-0.2, 0) is 21.7 Å². The van der Waals surface area contributed by atoms with Gasteiger partial charge in [0.15, 0.2) is 0 Å². The highest BCUT2D eigenvalue weighted by Gasteiger charge is 2.54. The standard InChI is InChI=1S/C21H34.3C19H30.C17H34.3C15H30/c1-19(2,3)14-9-10-15-20(4)16-11-17-21(20,5)18-12-7-6-8-13-18;3*1-4-5-6-10-14-18(2)15-11-16-19(18,3)17-12-8-7-9-13-17;1-15(2,3)11-7-9-13-17(6)14-10-8-12-16(17,4)5;3*1-5-6-7-8-12-15(4)13-10-9-11-14(15,2)3/h6-8,12-13H,9-11,14-17H2,1-5H3;3*7-9,12-13H,4-6,10-11,14-16H2,1-3H3;7-14H2,1-6H3;3*5-13H2,1-4H3/t20-,21-;3*18-,19-;17-;3*15-/m11111111/s1. The molecule has 808 valence electrons. The third kappa shape index (κ3) is 37.8. The lowest BCUT2D eigenvalue weighted by Gasteiger charge is -2.48. The Morgan fingerprint density at radius 1 is 0.164 bits per heavy atom. The van der Waals surface area contributed by atoms with Gasteiger partial charge in [-0.3, -0.25) is 0 Å². The average Bonchev–Trinajstić information content (AvgIpc) is 1.61. The number of hydrogen-bond acceptors (Lipinski definition) is 0. The molecule has 0 saturated heterocycles. The number of rotatable bonds is 42. The van der Waals surface area contributed by atoms with Crippen LogP contribution >= 0.6 is 0 Å². The first-order valence-corrected chi connectivity index (χ1v) is 62.1. The molecule has 8 fully saturated rings. The molecule has 0 heterocycles. The lowest BCUT2D eigenvalue weighted by Crippen LogP contribution is -2.38. The molecular formula is C140H248. The molecule has 0 bridgehead atoms. The average molecular weight is 1930 g/mol. The third-order valence-electron chi connectivity index (χ3n) is 43.6. The van der Waals surface area contributed by atoms with Gasteiger partial charge in [-0.1, -0.05) is 600 Å². The van der Waals surface area contributed by atoms with Gasteiger partial charge in [0.05, 0.1) is 0 Å². The Bertz CT molecular complexity index is 3530. The van der Waals surface area contributed by atoms with Gasteiger partial charge in [0, 0.05) is 0 Å². The van der Waals surface area contributed by atoms with Crippen molar-refractivity contribution in [2.75, 3.05) is 0 Å². The summed E-state index contributed by atoms with van der Waals surface area (Å²) in [5, 5.41) is 0. The predicted molar refractivity (Wildman–Crippen MR) is 633 cm³/mol. The second-order valence-corrected chi connectivity index (χ2v) is 57.5. The van der Waals surface area contributed by atoms with E-state index in [1.807, 2.05) is 0 Å². The molecule has 8 saturated carbocycles. The van der Waals surface area contributed by atoms with E-state index < -0.39 is 0 Å². The van der Waals surface area contributed by atoms with Crippen molar-refractivity contribution in [1.82, 2.24) is 0 Å². The van der Waals surface area contributed by atoms with Crippen LogP contribution in [0.25, 0.3) is 0 Å². The van der Waals surface area contributed by atoms with Crippen LogP contribution in [0.3, 0.4) is 0 Å². The molecule has 0 spiro atoms. The van der Waals surface area contributed by atoms with Crippen molar-refractivity contribution in [2.45, 2.75) is 667 Å². The predicted octanol–water partition coefficient (Wildman–Crippen LogP) is 47.9. The Hall–Kier alpha value is -3.12. The lowest BCUT2D eigenvalue weighted by molar-refractivity contribution is 0.0219. The minimum atomic E-state index is 0.371. The van der Waals surface area contributed by atoms with Gasteiger partial charge in [0.1, 0.15) is 0 Å². The monoisotopic (exact) mass is 1930 g/mol. The van der Waals surface area contributed by atoms with E-state index in [0.717, 1.165) is 0 Å². The van der Waals surface area contributed by atoms with E-state index in [-0.39, 0.29) is 0 Å². The van der Waals surface area contributed by atoms with Gasteiger partial charge in [-0.15, -0.1) is 0 Å². The van der Waals surface area contributed by atoms with Crippen LogP contribution < -0.4 is 0 Å².